The van der Waals surface area contributed by atoms with Crippen molar-refractivity contribution in [2.45, 2.75) is 12.5 Å². The summed E-state index contributed by atoms with van der Waals surface area (Å²) in [6.45, 7) is 0.333. The molecule has 7 heteroatoms. The highest BCUT2D eigenvalue weighted by atomic mass is 79.9. The lowest BCUT2D eigenvalue weighted by atomic mass is 10.2. The number of hydrogen-bond donors (Lipinski definition) is 1. The number of anilines is 1. The Balaban J connectivity index is 1.78. The number of halogens is 2. The molecule has 132 valence electrons. The first kappa shape index (κ1) is 18.4. The number of nitrogens with one attached hydrogen (secondary N) is 1. The monoisotopic (exact) mass is 431 g/mol. The molecular formula is C19H15BrClN3O2. The van der Waals surface area contributed by atoms with Crippen molar-refractivity contribution in [2.24, 2.45) is 0 Å². The predicted octanol–water partition coefficient (Wildman–Crippen LogP) is 4.81. The van der Waals surface area contributed by atoms with Crippen LogP contribution in [0.3, 0.4) is 0 Å². The van der Waals surface area contributed by atoms with Crippen LogP contribution in [0.5, 0.6) is 5.75 Å². The van der Waals surface area contributed by atoms with Crippen molar-refractivity contribution in [1.82, 2.24) is 9.97 Å². The van der Waals surface area contributed by atoms with E-state index >= 15 is 0 Å². The summed E-state index contributed by atoms with van der Waals surface area (Å²) in [6.07, 6.45) is 3.14. The summed E-state index contributed by atoms with van der Waals surface area (Å²) < 4.78 is 6.53. The fourth-order valence-corrected chi connectivity index (χ4v) is 2.71. The van der Waals surface area contributed by atoms with Crippen LogP contribution in [0.1, 0.15) is 21.6 Å². The van der Waals surface area contributed by atoms with E-state index in [4.69, 9.17) is 16.3 Å². The predicted molar refractivity (Wildman–Crippen MR) is 104 cm³/mol. The van der Waals surface area contributed by atoms with Gasteiger partial charge < -0.3 is 10.1 Å². The van der Waals surface area contributed by atoms with E-state index in [9.17, 15) is 4.79 Å². The highest BCUT2D eigenvalue weighted by Gasteiger charge is 2.16. The van der Waals surface area contributed by atoms with Crippen LogP contribution in [0.25, 0.3) is 0 Å². The Hall–Kier alpha value is -2.44. The molecule has 2 heterocycles. The summed E-state index contributed by atoms with van der Waals surface area (Å²) >= 11 is 9.17. The molecule has 0 saturated carbocycles. The largest absolute Gasteiger partial charge is 0.486 e. The maximum atomic E-state index is 12.6. The van der Waals surface area contributed by atoms with Crippen LogP contribution in [0.15, 0.2) is 65.4 Å². The minimum atomic E-state index is -0.403. The second-order valence-electron chi connectivity index (χ2n) is 5.41. The zero-order valence-corrected chi connectivity index (χ0v) is 16.0. The number of amides is 1. The zero-order valence-electron chi connectivity index (χ0n) is 13.7. The van der Waals surface area contributed by atoms with E-state index in [1.54, 1.807) is 30.6 Å². The second kappa shape index (κ2) is 8.78. The van der Waals surface area contributed by atoms with E-state index in [1.807, 2.05) is 30.3 Å². The number of nitrogens with zero attached hydrogens (tertiary/aromatic N) is 2. The minimum Gasteiger partial charge on any atom is -0.486 e. The maximum absolute atomic E-state index is 12.6. The van der Waals surface area contributed by atoms with Gasteiger partial charge in [-0.05, 0) is 45.3 Å². The molecule has 0 aliphatic heterocycles. The summed E-state index contributed by atoms with van der Waals surface area (Å²) in [5.74, 6) is 0.730. The minimum absolute atomic E-state index is 0.183. The Bertz CT molecular complexity index is 906. The molecular weight excluding hydrogens is 418 g/mol. The maximum Gasteiger partial charge on any atom is 0.279 e. The lowest BCUT2D eigenvalue weighted by Crippen LogP contribution is -2.16. The van der Waals surface area contributed by atoms with Crippen LogP contribution in [0.2, 0.25) is 0 Å². The SMILES string of the molecule is O=C(Nc1cc(CCl)ccn1)c1ncc(Br)cc1OCc1ccccc1. The molecule has 26 heavy (non-hydrogen) atoms. The molecule has 5 nitrogen and oxygen atoms in total. The number of hydrogen-bond acceptors (Lipinski definition) is 4. The standard InChI is InChI=1S/C19H15BrClN3O2/c20-15-9-16(26-12-13-4-2-1-3-5-13)18(23-11-15)19(25)24-17-8-14(10-21)6-7-22-17/h1-9,11H,10,12H2,(H,22,24,25). The average molecular weight is 433 g/mol. The lowest BCUT2D eigenvalue weighted by molar-refractivity contribution is 0.101. The number of rotatable bonds is 6. The van der Waals surface area contributed by atoms with E-state index in [0.29, 0.717) is 24.1 Å². The van der Waals surface area contributed by atoms with Gasteiger partial charge in [-0.15, -0.1) is 11.6 Å². The van der Waals surface area contributed by atoms with Gasteiger partial charge in [-0.25, -0.2) is 9.97 Å². The number of carbonyl (C=O) groups is 1. The van der Waals surface area contributed by atoms with Crippen molar-refractivity contribution in [3.63, 3.8) is 0 Å². The first-order valence-corrected chi connectivity index (χ1v) is 9.13. The van der Waals surface area contributed by atoms with Crippen molar-refractivity contribution in [2.75, 3.05) is 5.32 Å². The van der Waals surface area contributed by atoms with Crippen LogP contribution < -0.4 is 10.1 Å². The molecule has 3 aromatic rings. The quantitative estimate of drug-likeness (QED) is 0.568. The van der Waals surface area contributed by atoms with Crippen LogP contribution in [0.4, 0.5) is 5.82 Å². The van der Waals surface area contributed by atoms with Crippen molar-refractivity contribution < 1.29 is 9.53 Å². The van der Waals surface area contributed by atoms with Gasteiger partial charge in [-0.1, -0.05) is 30.3 Å². The van der Waals surface area contributed by atoms with E-state index in [-0.39, 0.29) is 5.69 Å². The lowest BCUT2D eigenvalue weighted by Gasteiger charge is -2.11. The molecule has 0 atom stereocenters. The molecule has 3 rings (SSSR count). The normalized spacial score (nSPS) is 10.4. The highest BCUT2D eigenvalue weighted by Crippen LogP contribution is 2.23. The van der Waals surface area contributed by atoms with Gasteiger partial charge >= 0.3 is 0 Å². The zero-order chi connectivity index (χ0) is 18.4. The van der Waals surface area contributed by atoms with Crippen LogP contribution >= 0.6 is 27.5 Å². The van der Waals surface area contributed by atoms with Crippen LogP contribution in [-0.2, 0) is 12.5 Å². The van der Waals surface area contributed by atoms with Gasteiger partial charge in [0.15, 0.2) is 11.4 Å². The summed E-state index contributed by atoms with van der Waals surface area (Å²) in [7, 11) is 0. The van der Waals surface area contributed by atoms with Crippen molar-refractivity contribution in [3.05, 3.63) is 82.2 Å². The Morgan fingerprint density at radius 1 is 1.12 bits per heavy atom. The van der Waals surface area contributed by atoms with Crippen LogP contribution in [0, 0.1) is 0 Å². The third-order valence-corrected chi connectivity index (χ3v) is 4.23. The second-order valence-corrected chi connectivity index (χ2v) is 6.59. The average Bonchev–Trinajstić information content (AvgIpc) is 2.67. The smallest absolute Gasteiger partial charge is 0.279 e. The van der Waals surface area contributed by atoms with Gasteiger partial charge in [0.2, 0.25) is 0 Å². The molecule has 0 unspecified atom stereocenters. The molecule has 1 N–H and O–H groups in total. The molecule has 0 fully saturated rings. The first-order valence-electron chi connectivity index (χ1n) is 7.80. The Labute approximate surface area is 164 Å². The highest BCUT2D eigenvalue weighted by molar-refractivity contribution is 9.10. The van der Waals surface area contributed by atoms with Gasteiger partial charge in [-0.3, -0.25) is 4.79 Å². The molecule has 0 saturated heterocycles. The Morgan fingerprint density at radius 3 is 2.69 bits per heavy atom. The summed E-state index contributed by atoms with van der Waals surface area (Å²) in [5, 5.41) is 2.72. The third-order valence-electron chi connectivity index (χ3n) is 3.49. The topological polar surface area (TPSA) is 64.1 Å². The Morgan fingerprint density at radius 2 is 1.92 bits per heavy atom. The van der Waals surface area contributed by atoms with Gasteiger partial charge in [0, 0.05) is 22.7 Å². The van der Waals surface area contributed by atoms with Gasteiger partial charge in [0.25, 0.3) is 5.91 Å². The van der Waals surface area contributed by atoms with Crippen molar-refractivity contribution in [3.8, 4) is 5.75 Å². The van der Waals surface area contributed by atoms with E-state index in [2.05, 4.69) is 31.2 Å². The molecule has 1 aromatic carbocycles. The fraction of sp³-hybridized carbons (Fsp3) is 0.105. The van der Waals surface area contributed by atoms with E-state index in [1.165, 1.54) is 0 Å². The molecule has 0 aliphatic carbocycles. The first-order chi connectivity index (χ1) is 12.7. The number of aromatic nitrogens is 2. The van der Waals surface area contributed by atoms with Crippen molar-refractivity contribution >= 4 is 39.3 Å². The number of alkyl halides is 1. The molecule has 0 bridgehead atoms. The molecule has 0 aliphatic rings. The number of pyridine rings is 2. The molecule has 1 amide bonds. The van der Waals surface area contributed by atoms with Crippen molar-refractivity contribution in [1.29, 1.82) is 0 Å². The van der Waals surface area contributed by atoms with Crippen LogP contribution in [-0.4, -0.2) is 15.9 Å². The van der Waals surface area contributed by atoms with Gasteiger partial charge in [-0.2, -0.15) is 0 Å². The molecule has 2 aromatic heterocycles. The summed E-state index contributed by atoms with van der Waals surface area (Å²) in [6, 6.07) is 14.9. The van der Waals surface area contributed by atoms with Gasteiger partial charge in [0.1, 0.15) is 12.4 Å². The molecule has 0 spiro atoms. The van der Waals surface area contributed by atoms with Gasteiger partial charge in [0.05, 0.1) is 0 Å². The van der Waals surface area contributed by atoms with E-state index in [0.717, 1.165) is 15.6 Å². The Kier molecular flexibility index (Phi) is 6.20. The fourth-order valence-electron chi connectivity index (χ4n) is 2.24. The number of benzene rings is 1. The van der Waals surface area contributed by atoms with E-state index < -0.39 is 5.91 Å². The number of carbonyl (C=O) groups excluding carboxylic acids is 1. The summed E-state index contributed by atoms with van der Waals surface area (Å²) in [5.41, 5.74) is 2.04. The summed E-state index contributed by atoms with van der Waals surface area (Å²) in [4.78, 5) is 20.9. The third kappa shape index (κ3) is 4.80. The molecule has 0 radical (unpaired) electrons. The number of ether oxygens (including phenoxy) is 1.